The first kappa shape index (κ1) is 25.0. The van der Waals surface area contributed by atoms with Gasteiger partial charge in [0.15, 0.2) is 0 Å². The van der Waals surface area contributed by atoms with Gasteiger partial charge in [-0.3, -0.25) is 0 Å². The van der Waals surface area contributed by atoms with Gasteiger partial charge in [-0.25, -0.2) is 0 Å². The first-order chi connectivity index (χ1) is 17.6. The van der Waals surface area contributed by atoms with Crippen LogP contribution in [0.4, 0.5) is 4.79 Å². The summed E-state index contributed by atoms with van der Waals surface area (Å²) in [7, 11) is 0. The summed E-state index contributed by atoms with van der Waals surface area (Å²) in [4.78, 5) is 23.0. The standard InChI is InChI=1S/C26H28AsN7O3/c1-15(2)27-20-7-23(34-24-17(11-31-34)6-16(9-28)10-30-24)29-12-19(20)22-8-21(32-37-22)18-13-33(14-18)25(35)36-26(3,4)5/h6-8,10-12,15,18,27H,13-14H2,1-5H3. The Morgan fingerprint density at radius 3 is 2.68 bits per heavy atom. The second kappa shape index (κ2) is 9.64. The Balaban J connectivity index is 1.39. The average Bonchev–Trinajstić information content (AvgIpc) is 3.43. The van der Waals surface area contributed by atoms with Crippen molar-refractivity contribution in [1.29, 1.82) is 5.26 Å². The molecule has 0 bridgehead atoms. The first-order valence-corrected chi connectivity index (χ1v) is 14.3. The molecule has 1 saturated heterocycles. The minimum atomic E-state index is -0.517. The first-order valence-electron chi connectivity index (χ1n) is 12.1. The molecule has 4 aromatic rings. The topological polar surface area (TPSA) is 123 Å². The molecule has 0 aromatic carbocycles. The van der Waals surface area contributed by atoms with E-state index in [9.17, 15) is 4.79 Å². The SMILES string of the molecule is CC(C)[AsH]c1cc(-n2ncc3cc(C#N)cnc32)ncc1-c1cc(C2CN(C(=O)OC(C)(C)C)C2)no1. The van der Waals surface area contributed by atoms with Crippen molar-refractivity contribution in [3.8, 4) is 23.2 Å². The molecule has 1 unspecified atom stereocenters. The molecule has 4 aromatic heterocycles. The predicted molar refractivity (Wildman–Crippen MR) is 139 cm³/mol. The van der Waals surface area contributed by atoms with Crippen LogP contribution in [0.2, 0.25) is 4.71 Å². The van der Waals surface area contributed by atoms with E-state index in [0.717, 1.165) is 16.6 Å². The van der Waals surface area contributed by atoms with Gasteiger partial charge in [-0.1, -0.05) is 0 Å². The van der Waals surface area contributed by atoms with Gasteiger partial charge in [0.25, 0.3) is 0 Å². The molecular weight excluding hydrogens is 533 g/mol. The molecule has 37 heavy (non-hydrogen) atoms. The Morgan fingerprint density at radius 2 is 1.97 bits per heavy atom. The molecule has 0 spiro atoms. The van der Waals surface area contributed by atoms with Crippen molar-refractivity contribution in [2.45, 2.75) is 50.8 Å². The summed E-state index contributed by atoms with van der Waals surface area (Å²) in [6.45, 7) is 11.1. The predicted octanol–water partition coefficient (Wildman–Crippen LogP) is 3.57. The number of carbonyl (C=O) groups excluding carboxylic acids is 1. The van der Waals surface area contributed by atoms with Gasteiger partial charge in [-0.15, -0.1) is 0 Å². The third kappa shape index (κ3) is 5.23. The van der Waals surface area contributed by atoms with Gasteiger partial charge >= 0.3 is 222 Å². The van der Waals surface area contributed by atoms with Crippen LogP contribution in [-0.2, 0) is 4.74 Å². The fourth-order valence-corrected chi connectivity index (χ4v) is 6.56. The molecule has 10 nitrogen and oxygen atoms in total. The molecule has 5 rings (SSSR count). The van der Waals surface area contributed by atoms with Crippen LogP contribution < -0.4 is 4.35 Å². The van der Waals surface area contributed by atoms with E-state index in [0.29, 0.717) is 40.6 Å². The molecule has 11 heteroatoms. The summed E-state index contributed by atoms with van der Waals surface area (Å²) in [6.07, 6.45) is 4.74. The number of carbonyl (C=O) groups is 1. The summed E-state index contributed by atoms with van der Waals surface area (Å²) in [5, 5.41) is 18.7. The van der Waals surface area contributed by atoms with Gasteiger partial charge in [0, 0.05) is 0 Å². The van der Waals surface area contributed by atoms with Crippen molar-refractivity contribution in [1.82, 2.24) is 29.8 Å². The van der Waals surface area contributed by atoms with Crippen molar-refractivity contribution in [2.24, 2.45) is 0 Å². The number of rotatable bonds is 5. The zero-order valence-electron chi connectivity index (χ0n) is 21.4. The third-order valence-electron chi connectivity index (χ3n) is 5.83. The number of aromatic nitrogens is 5. The zero-order valence-corrected chi connectivity index (χ0v) is 23.5. The van der Waals surface area contributed by atoms with Gasteiger partial charge in [0.1, 0.15) is 0 Å². The molecular formula is C26H28AsN7O3. The summed E-state index contributed by atoms with van der Waals surface area (Å²) < 4.78 is 14.6. The van der Waals surface area contributed by atoms with Crippen LogP contribution in [0.1, 0.15) is 51.8 Å². The van der Waals surface area contributed by atoms with Gasteiger partial charge in [-0.05, 0) is 0 Å². The van der Waals surface area contributed by atoms with E-state index in [1.54, 1.807) is 21.8 Å². The van der Waals surface area contributed by atoms with E-state index in [-0.39, 0.29) is 12.0 Å². The maximum atomic E-state index is 12.3. The molecule has 1 aliphatic rings. The molecule has 0 saturated carbocycles. The normalized spacial score (nSPS) is 14.5. The van der Waals surface area contributed by atoms with Crippen LogP contribution in [0.25, 0.3) is 28.2 Å². The van der Waals surface area contributed by atoms with Gasteiger partial charge in [0.2, 0.25) is 0 Å². The van der Waals surface area contributed by atoms with E-state index in [1.807, 2.05) is 33.0 Å². The van der Waals surface area contributed by atoms with E-state index in [1.165, 1.54) is 10.5 Å². The number of nitriles is 1. The monoisotopic (exact) mass is 561 g/mol. The van der Waals surface area contributed by atoms with Crippen molar-refractivity contribution >= 4 is 37.2 Å². The Bertz CT molecular complexity index is 1510. The Morgan fingerprint density at radius 1 is 1.19 bits per heavy atom. The molecule has 1 atom stereocenters. The van der Waals surface area contributed by atoms with Crippen LogP contribution in [0, 0.1) is 11.3 Å². The second-order valence-corrected chi connectivity index (χ2v) is 14.5. The zero-order chi connectivity index (χ0) is 26.3. The van der Waals surface area contributed by atoms with E-state index in [4.69, 9.17) is 14.5 Å². The van der Waals surface area contributed by atoms with Crippen molar-refractivity contribution in [3.63, 3.8) is 0 Å². The summed E-state index contributed by atoms with van der Waals surface area (Å²) in [5.41, 5.74) is 2.37. The molecule has 1 aliphatic heterocycles. The number of fused-ring (bicyclic) bond motifs is 1. The van der Waals surface area contributed by atoms with E-state index < -0.39 is 21.4 Å². The van der Waals surface area contributed by atoms with E-state index in [2.05, 4.69) is 46.2 Å². The summed E-state index contributed by atoms with van der Waals surface area (Å²) >= 11 is -0.513. The number of hydrogen-bond donors (Lipinski definition) is 0. The number of ether oxygens (including phenoxy) is 1. The molecule has 0 aliphatic carbocycles. The molecule has 0 N–H and O–H groups in total. The van der Waals surface area contributed by atoms with Crippen LogP contribution in [0.3, 0.4) is 0 Å². The van der Waals surface area contributed by atoms with Crippen LogP contribution >= 0.6 is 0 Å². The van der Waals surface area contributed by atoms with Crippen LogP contribution in [0.15, 0.2) is 41.3 Å². The average molecular weight is 561 g/mol. The van der Waals surface area contributed by atoms with Crippen molar-refractivity contribution in [2.75, 3.05) is 13.1 Å². The number of amides is 1. The number of pyridine rings is 2. The number of nitrogens with zero attached hydrogens (tertiary/aromatic N) is 7. The molecule has 5 heterocycles. The van der Waals surface area contributed by atoms with Gasteiger partial charge in [-0.2, -0.15) is 0 Å². The number of likely N-dealkylation sites (tertiary alicyclic amines) is 1. The third-order valence-corrected chi connectivity index (χ3v) is 8.56. The maximum absolute atomic E-state index is 12.3. The van der Waals surface area contributed by atoms with Gasteiger partial charge < -0.3 is 0 Å². The van der Waals surface area contributed by atoms with Gasteiger partial charge in [0.05, 0.1) is 0 Å². The van der Waals surface area contributed by atoms with Crippen LogP contribution in [-0.4, -0.2) is 70.3 Å². The fraction of sp³-hybridized carbons (Fsp3) is 0.385. The molecule has 1 fully saturated rings. The summed E-state index contributed by atoms with van der Waals surface area (Å²) in [6, 6.07) is 7.88. The molecule has 0 radical (unpaired) electrons. The fourth-order valence-electron chi connectivity index (χ4n) is 4.09. The Labute approximate surface area is 221 Å². The van der Waals surface area contributed by atoms with E-state index >= 15 is 0 Å². The molecule has 190 valence electrons. The molecule has 1 amide bonds. The van der Waals surface area contributed by atoms with Crippen LogP contribution in [0.5, 0.6) is 0 Å². The second-order valence-electron chi connectivity index (χ2n) is 10.4. The number of hydrogen-bond acceptors (Lipinski definition) is 8. The Kier molecular flexibility index (Phi) is 6.50. The van der Waals surface area contributed by atoms with Crippen molar-refractivity contribution in [3.05, 3.63) is 48.0 Å². The Hall–Kier alpha value is -3.70. The summed E-state index contributed by atoms with van der Waals surface area (Å²) in [5.74, 6) is 1.45. The minimum absolute atomic E-state index is 0.113. The quantitative estimate of drug-likeness (QED) is 0.339. The van der Waals surface area contributed by atoms with Crippen molar-refractivity contribution < 1.29 is 14.1 Å².